The Bertz CT molecular complexity index is 1710. The van der Waals surface area contributed by atoms with E-state index in [2.05, 4.69) is 16.0 Å². The van der Waals surface area contributed by atoms with E-state index in [0.717, 1.165) is 22.4 Å². The van der Waals surface area contributed by atoms with Gasteiger partial charge in [-0.15, -0.1) is 11.6 Å². The number of benzene rings is 2. The number of pyridine rings is 1. The monoisotopic (exact) mass is 622 g/mol. The summed E-state index contributed by atoms with van der Waals surface area (Å²) in [6.07, 6.45) is 3.02. The number of alkyl halides is 1. The third-order valence-corrected chi connectivity index (χ3v) is 9.46. The molecule has 4 N–H and O–H groups in total. The van der Waals surface area contributed by atoms with E-state index in [1.807, 2.05) is 23.7 Å². The first-order valence-electron chi connectivity index (χ1n) is 12.3. The predicted octanol–water partition coefficient (Wildman–Crippen LogP) is 3.46. The van der Waals surface area contributed by atoms with Gasteiger partial charge in [-0.2, -0.15) is 0 Å². The minimum Gasteiger partial charge on any atom is -0.388 e. The summed E-state index contributed by atoms with van der Waals surface area (Å²) in [5.74, 6) is -1.33. The molecule has 0 saturated heterocycles. The fraction of sp³-hybridized carbons (Fsp3) is 0.269. The Morgan fingerprint density at radius 2 is 1.88 bits per heavy atom. The van der Waals surface area contributed by atoms with E-state index in [0.29, 0.717) is 30.6 Å². The molecule has 1 atom stereocenters. The Morgan fingerprint density at radius 1 is 1.15 bits per heavy atom. The summed E-state index contributed by atoms with van der Waals surface area (Å²) in [6.45, 7) is 0.944. The van der Waals surface area contributed by atoms with Crippen LogP contribution in [-0.4, -0.2) is 68.8 Å². The van der Waals surface area contributed by atoms with Gasteiger partial charge in [0.05, 0.1) is 16.0 Å². The summed E-state index contributed by atoms with van der Waals surface area (Å²) >= 11 is 6.81. The van der Waals surface area contributed by atoms with Gasteiger partial charge in [-0.25, -0.2) is 22.3 Å². The molecule has 11 nitrogen and oxygen atoms in total. The summed E-state index contributed by atoms with van der Waals surface area (Å²) in [5, 5.41) is 8.66. The van der Waals surface area contributed by atoms with Crippen LogP contribution in [0.2, 0.25) is 0 Å². The van der Waals surface area contributed by atoms with E-state index in [9.17, 15) is 22.8 Å². The van der Waals surface area contributed by atoms with Crippen LogP contribution < -0.4 is 26.2 Å². The van der Waals surface area contributed by atoms with Crippen LogP contribution >= 0.6 is 23.4 Å². The van der Waals surface area contributed by atoms with Crippen LogP contribution in [0.15, 0.2) is 57.7 Å². The smallest absolute Gasteiger partial charge is 0.333 e. The number of carbonyl (C=O) groups is 2. The van der Waals surface area contributed by atoms with Crippen molar-refractivity contribution < 1.29 is 22.4 Å². The molecule has 1 aromatic heterocycles. The van der Waals surface area contributed by atoms with Crippen LogP contribution in [0.4, 0.5) is 20.6 Å². The van der Waals surface area contributed by atoms with Crippen LogP contribution in [0.3, 0.4) is 0 Å². The number of sulfonamides is 1. The zero-order chi connectivity index (χ0) is 29.9. The maximum atomic E-state index is 15.3. The predicted molar refractivity (Wildman–Crippen MR) is 161 cm³/mol. The number of rotatable bonds is 9. The first kappa shape index (κ1) is 30.4. The average Bonchev–Trinajstić information content (AvgIpc) is 3.36. The maximum Gasteiger partial charge on any atom is 0.333 e. The number of hydrogen-bond acceptors (Lipinski definition) is 8. The number of thioether (sulfide) groups is 1. The molecule has 0 fully saturated rings. The molecular formula is C26H28ClFN6O5S2. The first-order valence-corrected chi connectivity index (χ1v) is 15.1. The zero-order valence-corrected chi connectivity index (χ0v) is 24.7. The summed E-state index contributed by atoms with van der Waals surface area (Å²) in [5.41, 5.74) is 0.0625. The van der Waals surface area contributed by atoms with E-state index in [1.54, 1.807) is 25.2 Å². The van der Waals surface area contributed by atoms with Gasteiger partial charge in [0.2, 0.25) is 0 Å². The van der Waals surface area contributed by atoms with Crippen LogP contribution in [-0.2, 0) is 10.0 Å². The molecule has 0 spiro atoms. The SMILES string of the molecule is CNc1ccc2c(=O)n(-c3ccc(NC(=O)NS(=O)(=O)C4=CCC(Cl)S4)cc3F)cc(C(=O)NCCN(C)C)c2c1. The number of allylic oxidation sites excluding steroid dienone is 1. The van der Waals surface area contributed by atoms with Crippen molar-refractivity contribution in [3.8, 4) is 5.69 Å². The molecule has 15 heteroatoms. The van der Waals surface area contributed by atoms with Crippen molar-refractivity contribution in [1.29, 1.82) is 0 Å². The molecule has 2 heterocycles. The summed E-state index contributed by atoms with van der Waals surface area (Å²) in [7, 11) is 1.31. The second kappa shape index (κ2) is 12.5. The topological polar surface area (TPSA) is 142 Å². The summed E-state index contributed by atoms with van der Waals surface area (Å²) in [4.78, 5) is 40.8. The van der Waals surface area contributed by atoms with E-state index in [1.165, 1.54) is 24.4 Å². The number of amides is 3. The fourth-order valence-electron chi connectivity index (χ4n) is 4.04. The molecule has 0 radical (unpaired) electrons. The highest BCUT2D eigenvalue weighted by atomic mass is 35.5. The Balaban J connectivity index is 1.64. The molecule has 0 aliphatic carbocycles. The number of carbonyl (C=O) groups excluding carboxylic acids is 2. The summed E-state index contributed by atoms with van der Waals surface area (Å²) < 4.78 is 42.5. The molecule has 3 aromatic rings. The van der Waals surface area contributed by atoms with Crippen LogP contribution in [0, 0.1) is 5.82 Å². The number of hydrogen-bond donors (Lipinski definition) is 4. The lowest BCUT2D eigenvalue weighted by Gasteiger charge is -2.16. The molecular weight excluding hydrogens is 595 g/mol. The standard InChI is InChI=1S/C26H28ClFN6O5S2/c1-29-15-4-6-17-18(12-15)19(24(35)30-10-11-33(2)3)14-34(25(17)36)21-7-5-16(13-20(21)28)31-26(37)32-41(38,39)23-9-8-22(27)40-23/h4-7,9,12-14,22,29H,8,10-11H2,1-3H3,(H,30,35)(H2,31,32,37). The maximum absolute atomic E-state index is 15.3. The van der Waals surface area contributed by atoms with Crippen molar-refractivity contribution in [3.05, 3.63) is 74.6 Å². The Labute approximate surface area is 245 Å². The van der Waals surface area contributed by atoms with Gasteiger partial charge in [0.15, 0.2) is 0 Å². The molecule has 1 aliphatic heterocycles. The van der Waals surface area contributed by atoms with Crippen molar-refractivity contribution in [2.24, 2.45) is 0 Å². The first-order chi connectivity index (χ1) is 19.4. The van der Waals surface area contributed by atoms with E-state index in [-0.39, 0.29) is 26.6 Å². The molecule has 3 amide bonds. The van der Waals surface area contributed by atoms with E-state index in [4.69, 9.17) is 11.6 Å². The Kier molecular flexibility index (Phi) is 9.27. The minimum absolute atomic E-state index is 0.0589. The van der Waals surface area contributed by atoms with Crippen LogP contribution in [0.25, 0.3) is 16.5 Å². The van der Waals surface area contributed by atoms with Gasteiger partial charge in [-0.3, -0.25) is 14.2 Å². The number of urea groups is 1. The Hall–Kier alpha value is -3.59. The van der Waals surface area contributed by atoms with Gasteiger partial charge in [0.25, 0.3) is 21.5 Å². The van der Waals surface area contributed by atoms with Gasteiger partial charge < -0.3 is 20.9 Å². The highest BCUT2D eigenvalue weighted by Gasteiger charge is 2.28. The average molecular weight is 623 g/mol. The number of nitrogens with zero attached hydrogens (tertiary/aromatic N) is 2. The third kappa shape index (κ3) is 7.01. The lowest BCUT2D eigenvalue weighted by molar-refractivity contribution is 0.0952. The number of fused-ring (bicyclic) bond motifs is 1. The second-order valence-corrected chi connectivity index (χ2v) is 13.2. The van der Waals surface area contributed by atoms with Gasteiger partial charge in [0.1, 0.15) is 10.1 Å². The van der Waals surface area contributed by atoms with E-state index < -0.39 is 38.0 Å². The van der Waals surface area contributed by atoms with Gasteiger partial charge in [-0.1, -0.05) is 17.8 Å². The van der Waals surface area contributed by atoms with Crippen molar-refractivity contribution in [2.75, 3.05) is 44.9 Å². The van der Waals surface area contributed by atoms with E-state index >= 15 is 4.39 Å². The molecule has 41 heavy (non-hydrogen) atoms. The molecule has 1 unspecified atom stereocenters. The van der Waals surface area contributed by atoms with Gasteiger partial charge in [0, 0.05) is 48.5 Å². The highest BCUT2D eigenvalue weighted by molar-refractivity contribution is 8.19. The van der Waals surface area contributed by atoms with Crippen molar-refractivity contribution in [3.63, 3.8) is 0 Å². The fourth-order valence-corrected chi connectivity index (χ4v) is 6.90. The van der Waals surface area contributed by atoms with Gasteiger partial charge in [-0.05, 0) is 56.9 Å². The normalized spacial score (nSPS) is 15.1. The van der Waals surface area contributed by atoms with Gasteiger partial charge >= 0.3 is 6.03 Å². The van der Waals surface area contributed by atoms with Crippen molar-refractivity contribution in [2.45, 2.75) is 11.1 Å². The number of anilines is 2. The zero-order valence-electron chi connectivity index (χ0n) is 22.3. The van der Waals surface area contributed by atoms with Crippen molar-refractivity contribution >= 4 is 67.5 Å². The second-order valence-electron chi connectivity index (χ2n) is 9.30. The number of halogens is 2. The lowest BCUT2D eigenvalue weighted by Crippen LogP contribution is -2.34. The molecule has 2 aromatic carbocycles. The number of nitrogens with one attached hydrogen (secondary N) is 4. The molecule has 4 rings (SSSR count). The summed E-state index contributed by atoms with van der Waals surface area (Å²) in [6, 6.07) is 7.29. The molecule has 1 aliphatic rings. The highest BCUT2D eigenvalue weighted by Crippen LogP contribution is 2.37. The minimum atomic E-state index is -4.14. The third-order valence-electron chi connectivity index (χ3n) is 6.07. The largest absolute Gasteiger partial charge is 0.388 e. The molecule has 0 bridgehead atoms. The van der Waals surface area contributed by atoms with Crippen LogP contribution in [0.1, 0.15) is 16.8 Å². The quantitative estimate of drug-likeness (QED) is 0.266. The molecule has 0 saturated carbocycles. The number of likely N-dealkylation sites (N-methyl/N-ethyl adjacent to an activating group) is 1. The lowest BCUT2D eigenvalue weighted by atomic mass is 10.1. The molecule has 218 valence electrons. The van der Waals surface area contributed by atoms with Crippen molar-refractivity contribution in [1.82, 2.24) is 19.5 Å². The van der Waals surface area contributed by atoms with Crippen LogP contribution in [0.5, 0.6) is 0 Å². The number of aromatic nitrogens is 1. The Morgan fingerprint density at radius 3 is 2.51 bits per heavy atom.